The molecule has 0 radical (unpaired) electrons. The molecule has 0 aliphatic carbocycles. The number of hydrogen-bond acceptors (Lipinski definition) is 5. The van der Waals surface area contributed by atoms with Crippen LogP contribution in [-0.2, 0) is 4.79 Å². The van der Waals surface area contributed by atoms with Gasteiger partial charge in [0.1, 0.15) is 5.75 Å². The molecule has 0 saturated heterocycles. The molecular formula is C12H12N2O4. The predicted octanol–water partition coefficient (Wildman–Crippen LogP) is -0.153. The SMILES string of the molecule is NNC(=O)C(O)(O)Oc1cccc2ccccc12. The minimum Gasteiger partial charge on any atom is -0.431 e. The minimum atomic E-state index is -3.02. The lowest BCUT2D eigenvalue weighted by Gasteiger charge is -2.21. The highest BCUT2D eigenvalue weighted by Gasteiger charge is 2.36. The molecule has 0 fully saturated rings. The Balaban J connectivity index is 2.41. The summed E-state index contributed by atoms with van der Waals surface area (Å²) in [5, 5.41) is 20.4. The van der Waals surface area contributed by atoms with Gasteiger partial charge in [-0.05, 0) is 11.5 Å². The maximum Gasteiger partial charge on any atom is 0.408 e. The van der Waals surface area contributed by atoms with Crippen molar-refractivity contribution >= 4 is 16.7 Å². The summed E-state index contributed by atoms with van der Waals surface area (Å²) < 4.78 is 4.89. The first-order chi connectivity index (χ1) is 8.54. The first-order valence-corrected chi connectivity index (χ1v) is 5.17. The van der Waals surface area contributed by atoms with Gasteiger partial charge in [0.05, 0.1) is 0 Å². The van der Waals surface area contributed by atoms with Crippen LogP contribution in [0.15, 0.2) is 42.5 Å². The summed E-state index contributed by atoms with van der Waals surface area (Å²) in [7, 11) is 0. The number of carbonyl (C=O) groups excluding carboxylic acids is 1. The van der Waals surface area contributed by atoms with Crippen molar-refractivity contribution in [2.24, 2.45) is 5.84 Å². The summed E-state index contributed by atoms with van der Waals surface area (Å²) in [6.07, 6.45) is 0. The molecule has 0 aromatic heterocycles. The second-order valence-electron chi connectivity index (χ2n) is 3.66. The quantitative estimate of drug-likeness (QED) is 0.261. The number of hydrogen-bond donors (Lipinski definition) is 4. The summed E-state index contributed by atoms with van der Waals surface area (Å²) in [6.45, 7) is 0. The molecule has 5 N–H and O–H groups in total. The number of nitrogens with two attached hydrogens (primary N) is 1. The van der Waals surface area contributed by atoms with Crippen molar-refractivity contribution in [1.29, 1.82) is 0 Å². The number of amides is 1. The van der Waals surface area contributed by atoms with Crippen molar-refractivity contribution in [2.45, 2.75) is 5.97 Å². The molecule has 2 aromatic rings. The molecule has 0 unspecified atom stereocenters. The third-order valence-electron chi connectivity index (χ3n) is 2.43. The van der Waals surface area contributed by atoms with E-state index in [-0.39, 0.29) is 5.75 Å². The Hall–Kier alpha value is -2.15. The first kappa shape index (κ1) is 12.3. The smallest absolute Gasteiger partial charge is 0.408 e. The van der Waals surface area contributed by atoms with Crippen molar-refractivity contribution in [1.82, 2.24) is 5.43 Å². The number of nitrogens with one attached hydrogen (secondary N) is 1. The van der Waals surface area contributed by atoms with E-state index < -0.39 is 11.9 Å². The molecule has 0 aliphatic rings. The van der Waals surface area contributed by atoms with Crippen LogP contribution in [0.1, 0.15) is 0 Å². The Morgan fingerprint density at radius 2 is 1.83 bits per heavy atom. The van der Waals surface area contributed by atoms with Gasteiger partial charge in [-0.25, -0.2) is 5.84 Å². The van der Waals surface area contributed by atoms with Crippen molar-refractivity contribution in [3.8, 4) is 5.75 Å². The molecule has 94 valence electrons. The van der Waals surface area contributed by atoms with Crippen molar-refractivity contribution in [2.75, 3.05) is 0 Å². The summed E-state index contributed by atoms with van der Waals surface area (Å²) in [4.78, 5) is 11.1. The summed E-state index contributed by atoms with van der Waals surface area (Å²) in [5.41, 5.74) is 1.61. The maximum absolute atomic E-state index is 11.1. The maximum atomic E-state index is 11.1. The third-order valence-corrected chi connectivity index (χ3v) is 2.43. The highest BCUT2D eigenvalue weighted by molar-refractivity contribution is 5.89. The van der Waals surface area contributed by atoms with Crippen molar-refractivity contribution in [3.63, 3.8) is 0 Å². The Morgan fingerprint density at radius 1 is 1.17 bits per heavy atom. The average molecular weight is 248 g/mol. The minimum absolute atomic E-state index is 0.168. The molecule has 6 nitrogen and oxygen atoms in total. The molecule has 0 bridgehead atoms. The van der Waals surface area contributed by atoms with Crippen LogP contribution in [0.3, 0.4) is 0 Å². The average Bonchev–Trinajstić information content (AvgIpc) is 2.38. The molecule has 0 saturated carbocycles. The molecule has 0 heterocycles. The molecular weight excluding hydrogens is 236 g/mol. The van der Waals surface area contributed by atoms with Crippen LogP contribution in [0.25, 0.3) is 10.8 Å². The fraction of sp³-hybridized carbons (Fsp3) is 0.0833. The van der Waals surface area contributed by atoms with E-state index in [0.29, 0.717) is 5.39 Å². The lowest BCUT2D eigenvalue weighted by Crippen LogP contribution is -2.53. The monoisotopic (exact) mass is 248 g/mol. The van der Waals surface area contributed by atoms with Gasteiger partial charge >= 0.3 is 11.9 Å². The molecule has 0 aliphatic heterocycles. The van der Waals surface area contributed by atoms with Crippen molar-refractivity contribution < 1.29 is 19.7 Å². The normalized spacial score (nSPS) is 11.3. The zero-order valence-electron chi connectivity index (χ0n) is 9.33. The van der Waals surface area contributed by atoms with E-state index in [1.807, 2.05) is 18.2 Å². The molecule has 0 atom stereocenters. The number of aliphatic hydroxyl groups is 2. The van der Waals surface area contributed by atoms with Crippen LogP contribution < -0.4 is 16.0 Å². The van der Waals surface area contributed by atoms with Gasteiger partial charge in [-0.3, -0.25) is 10.2 Å². The van der Waals surface area contributed by atoms with Crippen LogP contribution in [0.4, 0.5) is 0 Å². The topological polar surface area (TPSA) is 105 Å². The van der Waals surface area contributed by atoms with E-state index in [1.165, 1.54) is 6.07 Å². The highest BCUT2D eigenvalue weighted by Crippen LogP contribution is 2.27. The van der Waals surface area contributed by atoms with Gasteiger partial charge in [0.2, 0.25) is 0 Å². The molecule has 6 heteroatoms. The lowest BCUT2D eigenvalue weighted by molar-refractivity contribution is -0.272. The standard InChI is InChI=1S/C12H12N2O4/c13-14-11(15)12(16,17)18-10-7-3-5-8-4-1-2-6-9(8)10/h1-7,16-17H,13H2,(H,14,15). The zero-order chi connectivity index (χ0) is 13.2. The zero-order valence-corrected chi connectivity index (χ0v) is 9.33. The fourth-order valence-corrected chi connectivity index (χ4v) is 1.58. The largest absolute Gasteiger partial charge is 0.431 e. The van der Waals surface area contributed by atoms with Gasteiger partial charge in [-0.1, -0.05) is 36.4 Å². The number of rotatable bonds is 3. The number of ether oxygens (including phenoxy) is 1. The van der Waals surface area contributed by atoms with Gasteiger partial charge in [-0.15, -0.1) is 0 Å². The number of fused-ring (bicyclic) bond motifs is 1. The van der Waals surface area contributed by atoms with Crippen molar-refractivity contribution in [3.05, 3.63) is 42.5 Å². The summed E-state index contributed by atoms with van der Waals surface area (Å²) in [5.74, 6) is 0.724. The number of benzene rings is 2. The van der Waals surface area contributed by atoms with E-state index in [0.717, 1.165) is 5.39 Å². The summed E-state index contributed by atoms with van der Waals surface area (Å²) in [6, 6.07) is 12.2. The molecule has 2 rings (SSSR count). The first-order valence-electron chi connectivity index (χ1n) is 5.17. The van der Waals surface area contributed by atoms with Crippen LogP contribution in [0.2, 0.25) is 0 Å². The predicted molar refractivity (Wildman–Crippen MR) is 64.1 cm³/mol. The van der Waals surface area contributed by atoms with E-state index in [1.54, 1.807) is 23.6 Å². The van der Waals surface area contributed by atoms with Gasteiger partial charge in [-0.2, -0.15) is 0 Å². The number of hydrazine groups is 1. The van der Waals surface area contributed by atoms with Crippen LogP contribution in [-0.4, -0.2) is 22.1 Å². The van der Waals surface area contributed by atoms with E-state index >= 15 is 0 Å². The third kappa shape index (κ3) is 2.25. The molecule has 2 aromatic carbocycles. The highest BCUT2D eigenvalue weighted by atomic mass is 16.8. The number of carbonyl (C=O) groups is 1. The van der Waals surface area contributed by atoms with E-state index in [9.17, 15) is 15.0 Å². The van der Waals surface area contributed by atoms with E-state index in [4.69, 9.17) is 10.6 Å². The summed E-state index contributed by atoms with van der Waals surface area (Å²) >= 11 is 0. The van der Waals surface area contributed by atoms with E-state index in [2.05, 4.69) is 0 Å². The molecule has 0 spiro atoms. The fourth-order valence-electron chi connectivity index (χ4n) is 1.58. The van der Waals surface area contributed by atoms with Crippen LogP contribution >= 0.6 is 0 Å². The Kier molecular flexibility index (Phi) is 3.15. The second kappa shape index (κ2) is 4.61. The molecule has 18 heavy (non-hydrogen) atoms. The Labute approximate surface area is 103 Å². The van der Waals surface area contributed by atoms with Crippen LogP contribution in [0, 0.1) is 0 Å². The van der Waals surface area contributed by atoms with Gasteiger partial charge in [0.15, 0.2) is 0 Å². The molecule has 1 amide bonds. The Morgan fingerprint density at radius 3 is 2.56 bits per heavy atom. The lowest BCUT2D eigenvalue weighted by atomic mass is 10.1. The van der Waals surface area contributed by atoms with Gasteiger partial charge < -0.3 is 14.9 Å². The Bertz CT molecular complexity index is 578. The second-order valence-corrected chi connectivity index (χ2v) is 3.66. The van der Waals surface area contributed by atoms with Crippen LogP contribution in [0.5, 0.6) is 5.75 Å². The van der Waals surface area contributed by atoms with Gasteiger partial charge in [0, 0.05) is 5.39 Å². The van der Waals surface area contributed by atoms with Gasteiger partial charge in [0.25, 0.3) is 0 Å².